The van der Waals surface area contributed by atoms with Crippen molar-refractivity contribution in [3.8, 4) is 44.5 Å². The van der Waals surface area contributed by atoms with Gasteiger partial charge in [0.25, 0.3) is 0 Å². The van der Waals surface area contributed by atoms with Crippen LogP contribution in [0.5, 0.6) is 0 Å². The molecule has 11 aromatic rings. The Balaban J connectivity index is 1.14. The lowest BCUT2D eigenvalue weighted by Gasteiger charge is -2.28. The molecule has 0 amide bonds. The van der Waals surface area contributed by atoms with Gasteiger partial charge in [-0.2, -0.15) is 0 Å². The largest absolute Gasteiger partial charge is 0.310 e. The first kappa shape index (κ1) is 34.5. The molecule has 276 valence electrons. The molecule has 0 aliphatic heterocycles. The summed E-state index contributed by atoms with van der Waals surface area (Å²) in [5.41, 5.74) is 12.8. The number of anilines is 3. The van der Waals surface area contributed by atoms with Crippen LogP contribution in [0.15, 0.2) is 237 Å². The molecule has 0 heterocycles. The summed E-state index contributed by atoms with van der Waals surface area (Å²) in [6.07, 6.45) is 0. The number of benzene rings is 11. The highest BCUT2D eigenvalue weighted by molar-refractivity contribution is 6.15. The Bertz CT molecular complexity index is 3170. The molecule has 0 bridgehead atoms. The molecule has 11 aromatic carbocycles. The van der Waals surface area contributed by atoms with Crippen molar-refractivity contribution in [3.05, 3.63) is 237 Å². The van der Waals surface area contributed by atoms with Crippen LogP contribution in [0.4, 0.5) is 17.1 Å². The Hall–Kier alpha value is -7.74. The van der Waals surface area contributed by atoms with Crippen LogP contribution in [0.1, 0.15) is 0 Å². The molecule has 0 aliphatic rings. The first-order chi connectivity index (χ1) is 29.3. The van der Waals surface area contributed by atoms with E-state index in [1.54, 1.807) is 0 Å². The van der Waals surface area contributed by atoms with Gasteiger partial charge in [0, 0.05) is 17.1 Å². The van der Waals surface area contributed by atoms with Gasteiger partial charge in [-0.15, -0.1) is 0 Å². The Labute approximate surface area is 344 Å². The van der Waals surface area contributed by atoms with Crippen molar-refractivity contribution in [1.29, 1.82) is 0 Å². The van der Waals surface area contributed by atoms with Gasteiger partial charge in [-0.1, -0.05) is 188 Å². The highest BCUT2D eigenvalue weighted by Crippen LogP contribution is 2.44. The van der Waals surface area contributed by atoms with Crippen molar-refractivity contribution in [2.24, 2.45) is 0 Å². The average molecular weight is 750 g/mol. The molecule has 0 unspecified atom stereocenters. The van der Waals surface area contributed by atoms with E-state index in [-0.39, 0.29) is 0 Å². The molecular formula is C58H39N. The Morgan fingerprint density at radius 1 is 0.203 bits per heavy atom. The maximum atomic E-state index is 2.43. The van der Waals surface area contributed by atoms with E-state index in [9.17, 15) is 0 Å². The van der Waals surface area contributed by atoms with E-state index < -0.39 is 0 Å². The quantitative estimate of drug-likeness (QED) is 0.147. The lowest BCUT2D eigenvalue weighted by molar-refractivity contribution is 1.28. The molecule has 0 atom stereocenters. The summed E-state index contributed by atoms with van der Waals surface area (Å²) in [7, 11) is 0. The molecule has 0 radical (unpaired) electrons. The summed E-state index contributed by atoms with van der Waals surface area (Å²) in [4.78, 5) is 2.43. The smallest absolute Gasteiger partial charge is 0.0468 e. The van der Waals surface area contributed by atoms with E-state index >= 15 is 0 Å². The van der Waals surface area contributed by atoms with Gasteiger partial charge < -0.3 is 4.90 Å². The summed E-state index contributed by atoms with van der Waals surface area (Å²) in [6.45, 7) is 0. The van der Waals surface area contributed by atoms with Crippen LogP contribution < -0.4 is 4.90 Å². The molecular weight excluding hydrogens is 711 g/mol. The Morgan fingerprint density at radius 2 is 0.593 bits per heavy atom. The highest BCUT2D eigenvalue weighted by atomic mass is 15.1. The van der Waals surface area contributed by atoms with Crippen LogP contribution in [0.3, 0.4) is 0 Å². The van der Waals surface area contributed by atoms with Crippen molar-refractivity contribution in [1.82, 2.24) is 0 Å². The molecule has 0 saturated carbocycles. The monoisotopic (exact) mass is 749 g/mol. The molecule has 0 saturated heterocycles. The fraction of sp³-hybridized carbons (Fsp3) is 0. The van der Waals surface area contributed by atoms with Crippen molar-refractivity contribution in [2.75, 3.05) is 4.90 Å². The van der Waals surface area contributed by atoms with E-state index in [1.165, 1.54) is 87.6 Å². The van der Waals surface area contributed by atoms with Crippen LogP contribution in [0.25, 0.3) is 87.6 Å². The normalized spacial score (nSPS) is 11.4. The Morgan fingerprint density at radius 3 is 1.10 bits per heavy atom. The molecule has 11 rings (SSSR count). The summed E-state index contributed by atoms with van der Waals surface area (Å²) in [6, 6.07) is 86.4. The van der Waals surface area contributed by atoms with Gasteiger partial charge in [0.2, 0.25) is 0 Å². The van der Waals surface area contributed by atoms with Crippen LogP contribution >= 0.6 is 0 Å². The maximum Gasteiger partial charge on any atom is 0.0468 e. The minimum absolute atomic E-state index is 1.09. The minimum atomic E-state index is 1.09. The number of nitrogens with zero attached hydrogens (tertiary/aromatic N) is 1. The highest BCUT2D eigenvalue weighted by Gasteiger charge is 2.19. The van der Waals surface area contributed by atoms with Crippen molar-refractivity contribution in [3.63, 3.8) is 0 Å². The topological polar surface area (TPSA) is 3.24 Å². The summed E-state index contributed by atoms with van der Waals surface area (Å²) >= 11 is 0. The molecule has 0 aromatic heterocycles. The maximum absolute atomic E-state index is 2.43. The standard InChI is InChI=1S/C58H39N/c1-3-17-40(18-4-1)51-34-33-48(39-58(51)41-19-5-2-6-20-41)59(46-25-15-23-42(35-46)56-37-44-21-7-9-27-49(44)52-29-11-13-31-54(52)56)47-26-16-24-43(36-47)57-38-45-22-8-10-28-50(45)53-30-12-14-32-55(53)57/h1-39H. The molecule has 0 spiro atoms. The van der Waals surface area contributed by atoms with Gasteiger partial charge in [0.05, 0.1) is 0 Å². The second-order valence-electron chi connectivity index (χ2n) is 15.3. The zero-order chi connectivity index (χ0) is 39.1. The SMILES string of the molecule is c1ccc(-c2ccc(N(c3cccc(-c4cc5ccccc5c5ccccc45)c3)c3cccc(-c4cc5ccccc5c5ccccc45)c3)cc2-c2ccccc2)cc1. The van der Waals surface area contributed by atoms with Crippen LogP contribution in [-0.2, 0) is 0 Å². The summed E-state index contributed by atoms with van der Waals surface area (Å²) in [5, 5.41) is 10.1. The van der Waals surface area contributed by atoms with Crippen molar-refractivity contribution >= 4 is 60.2 Å². The molecule has 0 fully saturated rings. The minimum Gasteiger partial charge on any atom is -0.310 e. The van der Waals surface area contributed by atoms with Crippen molar-refractivity contribution < 1.29 is 0 Å². The fourth-order valence-electron chi connectivity index (χ4n) is 9.06. The number of fused-ring (bicyclic) bond motifs is 6. The zero-order valence-electron chi connectivity index (χ0n) is 32.5. The molecule has 1 heteroatoms. The second kappa shape index (κ2) is 14.6. The van der Waals surface area contributed by atoms with Gasteiger partial charge in [0.1, 0.15) is 0 Å². The number of hydrogen-bond acceptors (Lipinski definition) is 1. The van der Waals surface area contributed by atoms with E-state index in [4.69, 9.17) is 0 Å². The predicted octanol–water partition coefficient (Wildman–Crippen LogP) is 16.4. The number of hydrogen-bond donors (Lipinski definition) is 0. The van der Waals surface area contributed by atoms with Gasteiger partial charge in [-0.3, -0.25) is 0 Å². The van der Waals surface area contributed by atoms with Crippen LogP contribution in [0, 0.1) is 0 Å². The number of rotatable bonds is 7. The lowest BCUT2D eigenvalue weighted by Crippen LogP contribution is -2.10. The summed E-state index contributed by atoms with van der Waals surface area (Å²) < 4.78 is 0. The molecule has 59 heavy (non-hydrogen) atoms. The average Bonchev–Trinajstić information content (AvgIpc) is 3.32. The molecule has 0 N–H and O–H groups in total. The first-order valence-electron chi connectivity index (χ1n) is 20.3. The first-order valence-corrected chi connectivity index (χ1v) is 20.3. The van der Waals surface area contributed by atoms with E-state index in [0.29, 0.717) is 0 Å². The van der Waals surface area contributed by atoms with Crippen molar-refractivity contribution in [2.45, 2.75) is 0 Å². The molecule has 0 aliphatic carbocycles. The summed E-state index contributed by atoms with van der Waals surface area (Å²) in [5.74, 6) is 0. The lowest BCUT2D eigenvalue weighted by atomic mass is 9.92. The third-order valence-corrected chi connectivity index (χ3v) is 11.8. The van der Waals surface area contributed by atoms with E-state index in [0.717, 1.165) is 17.1 Å². The Kier molecular flexibility index (Phi) is 8.56. The third-order valence-electron chi connectivity index (χ3n) is 11.8. The van der Waals surface area contributed by atoms with E-state index in [1.807, 2.05) is 0 Å². The molecule has 1 nitrogen and oxygen atoms in total. The van der Waals surface area contributed by atoms with Crippen LogP contribution in [-0.4, -0.2) is 0 Å². The predicted molar refractivity (Wildman–Crippen MR) is 253 cm³/mol. The zero-order valence-corrected chi connectivity index (χ0v) is 32.5. The fourth-order valence-corrected chi connectivity index (χ4v) is 9.06. The van der Waals surface area contributed by atoms with Crippen LogP contribution in [0.2, 0.25) is 0 Å². The van der Waals surface area contributed by atoms with Gasteiger partial charge in [0.15, 0.2) is 0 Å². The van der Waals surface area contributed by atoms with Gasteiger partial charge >= 0.3 is 0 Å². The van der Waals surface area contributed by atoms with Gasteiger partial charge in [-0.05, 0) is 136 Å². The second-order valence-corrected chi connectivity index (χ2v) is 15.3. The van der Waals surface area contributed by atoms with Gasteiger partial charge in [-0.25, -0.2) is 0 Å². The third kappa shape index (κ3) is 6.21. The van der Waals surface area contributed by atoms with E-state index in [2.05, 4.69) is 241 Å².